The van der Waals surface area contributed by atoms with Crippen LogP contribution in [0.3, 0.4) is 0 Å². The van der Waals surface area contributed by atoms with Gasteiger partial charge in [-0.25, -0.2) is 0 Å². The standard InChI is InChI=1S/C12H12F3N5O/c13-12(14,15)8-3-1-2-4-9(8)17-11(21)10-7-20(6-5-16)19-18-10/h1-4,7H,5-6,16H2,(H,17,21). The molecule has 1 heterocycles. The number of para-hydroxylation sites is 1. The number of hydrogen-bond acceptors (Lipinski definition) is 4. The summed E-state index contributed by atoms with van der Waals surface area (Å²) < 4.78 is 39.8. The highest BCUT2D eigenvalue weighted by molar-refractivity contribution is 6.03. The average molecular weight is 299 g/mol. The Balaban J connectivity index is 2.19. The zero-order valence-corrected chi connectivity index (χ0v) is 10.8. The summed E-state index contributed by atoms with van der Waals surface area (Å²) in [4.78, 5) is 11.9. The molecule has 21 heavy (non-hydrogen) atoms. The van der Waals surface area contributed by atoms with Crippen molar-refractivity contribution in [1.29, 1.82) is 0 Å². The van der Waals surface area contributed by atoms with Gasteiger partial charge in [-0.3, -0.25) is 9.48 Å². The third-order valence-electron chi connectivity index (χ3n) is 2.61. The number of carbonyl (C=O) groups excluding carboxylic acids is 1. The van der Waals surface area contributed by atoms with Gasteiger partial charge in [0.05, 0.1) is 24.0 Å². The van der Waals surface area contributed by atoms with Crippen LogP contribution in [0.1, 0.15) is 16.1 Å². The van der Waals surface area contributed by atoms with E-state index in [1.54, 1.807) is 0 Å². The number of benzene rings is 1. The second kappa shape index (κ2) is 5.92. The fraction of sp³-hybridized carbons (Fsp3) is 0.250. The number of halogens is 3. The van der Waals surface area contributed by atoms with E-state index in [2.05, 4.69) is 15.6 Å². The van der Waals surface area contributed by atoms with Crippen molar-refractivity contribution in [2.45, 2.75) is 12.7 Å². The van der Waals surface area contributed by atoms with E-state index in [9.17, 15) is 18.0 Å². The van der Waals surface area contributed by atoms with Crippen LogP contribution in [0.2, 0.25) is 0 Å². The van der Waals surface area contributed by atoms with Gasteiger partial charge in [-0.05, 0) is 12.1 Å². The molecule has 0 aliphatic carbocycles. The SMILES string of the molecule is NCCn1cc(C(=O)Nc2ccccc2C(F)(F)F)nn1. The van der Waals surface area contributed by atoms with Crippen LogP contribution in [0.25, 0.3) is 0 Å². The molecule has 6 nitrogen and oxygen atoms in total. The lowest BCUT2D eigenvalue weighted by Gasteiger charge is -2.12. The summed E-state index contributed by atoms with van der Waals surface area (Å²) in [5.41, 5.74) is 3.99. The lowest BCUT2D eigenvalue weighted by atomic mass is 10.1. The van der Waals surface area contributed by atoms with Gasteiger partial charge < -0.3 is 11.1 Å². The van der Waals surface area contributed by atoms with E-state index in [0.717, 1.165) is 6.07 Å². The first-order valence-corrected chi connectivity index (χ1v) is 5.99. The smallest absolute Gasteiger partial charge is 0.329 e. The number of nitrogens with zero attached hydrogens (tertiary/aromatic N) is 3. The molecule has 0 fully saturated rings. The van der Waals surface area contributed by atoms with E-state index in [1.807, 2.05) is 0 Å². The second-order valence-electron chi connectivity index (χ2n) is 4.15. The number of carbonyl (C=O) groups is 1. The molecule has 0 radical (unpaired) electrons. The van der Waals surface area contributed by atoms with Crippen LogP contribution in [0.4, 0.5) is 18.9 Å². The largest absolute Gasteiger partial charge is 0.418 e. The van der Waals surface area contributed by atoms with Gasteiger partial charge in [-0.1, -0.05) is 17.3 Å². The van der Waals surface area contributed by atoms with Gasteiger partial charge in [0.25, 0.3) is 5.91 Å². The summed E-state index contributed by atoms with van der Waals surface area (Å²) >= 11 is 0. The van der Waals surface area contributed by atoms with Crippen molar-refractivity contribution in [1.82, 2.24) is 15.0 Å². The lowest BCUT2D eigenvalue weighted by molar-refractivity contribution is -0.136. The van der Waals surface area contributed by atoms with Gasteiger partial charge in [0.15, 0.2) is 5.69 Å². The molecule has 0 aliphatic heterocycles. The fourth-order valence-corrected chi connectivity index (χ4v) is 1.67. The molecule has 1 amide bonds. The Kier molecular flexibility index (Phi) is 4.22. The molecular weight excluding hydrogens is 287 g/mol. The molecule has 2 aromatic rings. The number of nitrogens with one attached hydrogen (secondary N) is 1. The highest BCUT2D eigenvalue weighted by Crippen LogP contribution is 2.34. The molecule has 1 aromatic heterocycles. The molecule has 0 aliphatic rings. The average Bonchev–Trinajstić information content (AvgIpc) is 2.87. The Hall–Kier alpha value is -2.42. The Morgan fingerprint density at radius 1 is 1.33 bits per heavy atom. The minimum absolute atomic E-state index is 0.0829. The van der Waals surface area contributed by atoms with E-state index in [-0.39, 0.29) is 11.4 Å². The maximum atomic E-state index is 12.8. The van der Waals surface area contributed by atoms with Crippen molar-refractivity contribution < 1.29 is 18.0 Å². The van der Waals surface area contributed by atoms with Gasteiger partial charge in [-0.15, -0.1) is 5.10 Å². The number of anilines is 1. The van der Waals surface area contributed by atoms with Gasteiger partial charge in [-0.2, -0.15) is 13.2 Å². The van der Waals surface area contributed by atoms with Gasteiger partial charge in [0, 0.05) is 6.54 Å². The predicted molar refractivity (Wildman–Crippen MR) is 68.5 cm³/mol. The third-order valence-corrected chi connectivity index (χ3v) is 2.61. The Morgan fingerprint density at radius 2 is 2.05 bits per heavy atom. The summed E-state index contributed by atoms with van der Waals surface area (Å²) in [6, 6.07) is 4.71. The molecule has 0 spiro atoms. The van der Waals surface area contributed by atoms with Crippen molar-refractivity contribution in [2.75, 3.05) is 11.9 Å². The second-order valence-corrected chi connectivity index (χ2v) is 4.15. The van der Waals surface area contributed by atoms with Crippen LogP contribution in [0.5, 0.6) is 0 Å². The van der Waals surface area contributed by atoms with Crippen molar-refractivity contribution in [3.8, 4) is 0 Å². The van der Waals surface area contributed by atoms with Crippen molar-refractivity contribution in [3.63, 3.8) is 0 Å². The molecule has 9 heteroatoms. The highest BCUT2D eigenvalue weighted by Gasteiger charge is 2.33. The van der Waals surface area contributed by atoms with E-state index < -0.39 is 17.6 Å². The zero-order valence-electron chi connectivity index (χ0n) is 10.8. The minimum Gasteiger partial charge on any atom is -0.329 e. The monoisotopic (exact) mass is 299 g/mol. The molecular formula is C12H12F3N5O. The number of rotatable bonds is 4. The van der Waals surface area contributed by atoms with Gasteiger partial charge in [0.1, 0.15) is 0 Å². The summed E-state index contributed by atoms with van der Waals surface area (Å²) in [6.45, 7) is 0.667. The summed E-state index contributed by atoms with van der Waals surface area (Å²) in [6.07, 6.45) is -3.24. The lowest BCUT2D eigenvalue weighted by Crippen LogP contribution is -2.17. The van der Waals surface area contributed by atoms with E-state index >= 15 is 0 Å². The van der Waals surface area contributed by atoms with Gasteiger partial charge in [0.2, 0.25) is 0 Å². The first-order valence-electron chi connectivity index (χ1n) is 5.99. The molecule has 3 N–H and O–H groups in total. The Bertz CT molecular complexity index is 638. The zero-order chi connectivity index (χ0) is 15.5. The molecule has 0 saturated carbocycles. The normalized spacial score (nSPS) is 11.4. The number of amides is 1. The first-order chi connectivity index (χ1) is 9.91. The molecule has 0 atom stereocenters. The van der Waals surface area contributed by atoms with Crippen molar-refractivity contribution in [3.05, 3.63) is 41.7 Å². The summed E-state index contributed by atoms with van der Waals surface area (Å²) in [5, 5.41) is 9.41. The topological polar surface area (TPSA) is 85.8 Å². The van der Waals surface area contributed by atoms with Crippen LogP contribution < -0.4 is 11.1 Å². The number of hydrogen-bond donors (Lipinski definition) is 2. The molecule has 0 bridgehead atoms. The van der Waals surface area contributed by atoms with Crippen LogP contribution >= 0.6 is 0 Å². The summed E-state index contributed by atoms with van der Waals surface area (Å²) in [7, 11) is 0. The van der Waals surface area contributed by atoms with E-state index in [0.29, 0.717) is 13.1 Å². The molecule has 0 saturated heterocycles. The van der Waals surface area contributed by atoms with E-state index in [1.165, 1.54) is 29.1 Å². The first kappa shape index (κ1) is 15.0. The Morgan fingerprint density at radius 3 is 2.71 bits per heavy atom. The number of alkyl halides is 3. The Labute approximate surface area is 117 Å². The molecule has 2 rings (SSSR count). The minimum atomic E-state index is -4.55. The predicted octanol–water partition coefficient (Wildman–Crippen LogP) is 1.51. The maximum absolute atomic E-state index is 12.8. The van der Waals surface area contributed by atoms with Crippen LogP contribution in [-0.4, -0.2) is 27.4 Å². The van der Waals surface area contributed by atoms with Crippen LogP contribution in [0.15, 0.2) is 30.5 Å². The van der Waals surface area contributed by atoms with Gasteiger partial charge >= 0.3 is 6.18 Å². The molecule has 0 unspecified atom stereocenters. The fourth-order valence-electron chi connectivity index (χ4n) is 1.67. The van der Waals surface area contributed by atoms with Crippen molar-refractivity contribution in [2.24, 2.45) is 5.73 Å². The maximum Gasteiger partial charge on any atom is 0.418 e. The quantitative estimate of drug-likeness (QED) is 0.896. The third kappa shape index (κ3) is 3.57. The molecule has 112 valence electrons. The van der Waals surface area contributed by atoms with Crippen LogP contribution in [0, 0.1) is 0 Å². The number of nitrogens with two attached hydrogens (primary N) is 1. The molecule has 1 aromatic carbocycles. The highest BCUT2D eigenvalue weighted by atomic mass is 19.4. The van der Waals surface area contributed by atoms with Crippen LogP contribution in [-0.2, 0) is 12.7 Å². The summed E-state index contributed by atoms with van der Waals surface area (Å²) in [5.74, 6) is -0.769. The van der Waals surface area contributed by atoms with Crippen molar-refractivity contribution >= 4 is 11.6 Å². The number of aromatic nitrogens is 3. The van der Waals surface area contributed by atoms with E-state index in [4.69, 9.17) is 5.73 Å².